The van der Waals surface area contributed by atoms with Crippen LogP contribution in [0.4, 0.5) is 0 Å². The SMILES string of the molecule is COc1cc(/C=N\NC(C)=O)ccc1OCCCOc1ccc(C)c(C)c1. The predicted octanol–water partition coefficient (Wildman–Crippen LogP) is 3.63. The first-order valence-electron chi connectivity index (χ1n) is 8.80. The smallest absolute Gasteiger partial charge is 0.236 e. The van der Waals surface area contributed by atoms with Crippen LogP contribution in [-0.4, -0.2) is 32.4 Å². The third kappa shape index (κ3) is 6.66. The Morgan fingerprint density at radius 1 is 1.04 bits per heavy atom. The molecule has 2 aromatic rings. The molecule has 0 aromatic heterocycles. The van der Waals surface area contributed by atoms with Crippen LogP contribution in [0.15, 0.2) is 41.5 Å². The Labute approximate surface area is 160 Å². The molecule has 27 heavy (non-hydrogen) atoms. The van der Waals surface area contributed by atoms with Gasteiger partial charge in [0.25, 0.3) is 0 Å². The summed E-state index contributed by atoms with van der Waals surface area (Å²) >= 11 is 0. The molecule has 0 spiro atoms. The Hall–Kier alpha value is -3.02. The molecule has 0 bridgehead atoms. The van der Waals surface area contributed by atoms with Crippen LogP contribution in [0.2, 0.25) is 0 Å². The summed E-state index contributed by atoms with van der Waals surface area (Å²) in [5, 5.41) is 3.84. The van der Waals surface area contributed by atoms with Gasteiger partial charge in [0, 0.05) is 13.3 Å². The summed E-state index contributed by atoms with van der Waals surface area (Å²) in [7, 11) is 1.58. The van der Waals surface area contributed by atoms with E-state index in [0.29, 0.717) is 24.7 Å². The maximum Gasteiger partial charge on any atom is 0.236 e. The van der Waals surface area contributed by atoms with Gasteiger partial charge in [0.2, 0.25) is 5.91 Å². The normalized spacial score (nSPS) is 10.7. The van der Waals surface area contributed by atoms with Crippen molar-refractivity contribution in [1.82, 2.24) is 5.43 Å². The topological polar surface area (TPSA) is 69.2 Å². The number of methoxy groups -OCH3 is 1. The Balaban J connectivity index is 1.81. The zero-order valence-electron chi connectivity index (χ0n) is 16.2. The molecule has 0 aliphatic carbocycles. The minimum atomic E-state index is -0.221. The molecule has 0 atom stereocenters. The number of aryl methyl sites for hydroxylation is 2. The Kier molecular flexibility index (Phi) is 7.67. The third-order valence-electron chi connectivity index (χ3n) is 3.92. The second-order valence-electron chi connectivity index (χ2n) is 6.13. The van der Waals surface area contributed by atoms with Gasteiger partial charge in [0.1, 0.15) is 5.75 Å². The number of nitrogens with zero attached hydrogens (tertiary/aromatic N) is 1. The molecule has 6 heteroatoms. The van der Waals surface area contributed by atoms with Crippen LogP contribution >= 0.6 is 0 Å². The zero-order valence-corrected chi connectivity index (χ0v) is 16.2. The highest BCUT2D eigenvalue weighted by molar-refractivity contribution is 5.82. The summed E-state index contributed by atoms with van der Waals surface area (Å²) in [6, 6.07) is 11.5. The van der Waals surface area contributed by atoms with Gasteiger partial charge in [-0.1, -0.05) is 6.07 Å². The molecule has 0 aliphatic rings. The summed E-state index contributed by atoms with van der Waals surface area (Å²) in [5.41, 5.74) is 5.63. The third-order valence-corrected chi connectivity index (χ3v) is 3.92. The molecule has 6 nitrogen and oxygen atoms in total. The van der Waals surface area contributed by atoms with E-state index in [1.165, 1.54) is 18.1 Å². The van der Waals surface area contributed by atoms with Crippen molar-refractivity contribution in [3.05, 3.63) is 53.1 Å². The van der Waals surface area contributed by atoms with Crippen molar-refractivity contribution in [2.24, 2.45) is 5.10 Å². The molecule has 1 amide bonds. The lowest BCUT2D eigenvalue weighted by molar-refractivity contribution is -0.118. The van der Waals surface area contributed by atoms with E-state index in [1.54, 1.807) is 19.4 Å². The molecule has 0 fully saturated rings. The van der Waals surface area contributed by atoms with Crippen LogP contribution in [0.1, 0.15) is 30.0 Å². The van der Waals surface area contributed by atoms with Crippen LogP contribution < -0.4 is 19.6 Å². The number of rotatable bonds is 9. The van der Waals surface area contributed by atoms with E-state index in [2.05, 4.69) is 30.4 Å². The lowest BCUT2D eigenvalue weighted by atomic mass is 10.1. The number of nitrogens with one attached hydrogen (secondary N) is 1. The minimum absolute atomic E-state index is 0.221. The number of carbonyl (C=O) groups is 1. The van der Waals surface area contributed by atoms with Crippen molar-refractivity contribution in [3.8, 4) is 17.2 Å². The highest BCUT2D eigenvalue weighted by atomic mass is 16.5. The first kappa shape index (κ1) is 20.3. The fourth-order valence-corrected chi connectivity index (χ4v) is 2.32. The van der Waals surface area contributed by atoms with E-state index >= 15 is 0 Å². The van der Waals surface area contributed by atoms with Gasteiger partial charge in [-0.05, 0) is 60.9 Å². The Morgan fingerprint density at radius 2 is 1.81 bits per heavy atom. The Morgan fingerprint density at radius 3 is 2.52 bits per heavy atom. The van der Waals surface area contributed by atoms with Crippen molar-refractivity contribution in [2.75, 3.05) is 20.3 Å². The highest BCUT2D eigenvalue weighted by Crippen LogP contribution is 2.27. The lowest BCUT2D eigenvalue weighted by Gasteiger charge is -2.12. The van der Waals surface area contributed by atoms with Gasteiger partial charge in [0.05, 0.1) is 26.5 Å². The van der Waals surface area contributed by atoms with Gasteiger partial charge in [-0.25, -0.2) is 5.43 Å². The van der Waals surface area contributed by atoms with Gasteiger partial charge in [0.15, 0.2) is 11.5 Å². The number of hydrogen-bond donors (Lipinski definition) is 1. The van der Waals surface area contributed by atoms with Crippen LogP contribution in [0.5, 0.6) is 17.2 Å². The van der Waals surface area contributed by atoms with Crippen molar-refractivity contribution in [1.29, 1.82) is 0 Å². The van der Waals surface area contributed by atoms with Crippen molar-refractivity contribution < 1.29 is 19.0 Å². The first-order valence-corrected chi connectivity index (χ1v) is 8.80. The fourth-order valence-electron chi connectivity index (χ4n) is 2.32. The minimum Gasteiger partial charge on any atom is -0.493 e. The van der Waals surface area contributed by atoms with E-state index in [1.807, 2.05) is 24.3 Å². The molecule has 1 N–H and O–H groups in total. The van der Waals surface area contributed by atoms with Crippen LogP contribution in [0.25, 0.3) is 0 Å². The molecule has 0 unspecified atom stereocenters. The van der Waals surface area contributed by atoms with Gasteiger partial charge in [-0.3, -0.25) is 4.79 Å². The second-order valence-corrected chi connectivity index (χ2v) is 6.13. The number of benzene rings is 2. The predicted molar refractivity (Wildman–Crippen MR) is 106 cm³/mol. The van der Waals surface area contributed by atoms with Crippen molar-refractivity contribution in [2.45, 2.75) is 27.2 Å². The summed E-state index contributed by atoms with van der Waals surface area (Å²) in [6.07, 6.45) is 2.30. The molecule has 144 valence electrons. The second kappa shape index (κ2) is 10.2. The number of carbonyl (C=O) groups excluding carboxylic acids is 1. The van der Waals surface area contributed by atoms with Gasteiger partial charge in [-0.2, -0.15) is 5.10 Å². The molecule has 2 rings (SSSR count). The summed E-state index contributed by atoms with van der Waals surface area (Å²) in [6.45, 7) is 6.64. The van der Waals surface area contributed by atoms with Gasteiger partial charge in [-0.15, -0.1) is 0 Å². The van der Waals surface area contributed by atoms with Crippen LogP contribution in [-0.2, 0) is 4.79 Å². The van der Waals surface area contributed by atoms with E-state index in [0.717, 1.165) is 17.7 Å². The monoisotopic (exact) mass is 370 g/mol. The lowest BCUT2D eigenvalue weighted by Crippen LogP contribution is -2.12. The molecule has 0 saturated heterocycles. The van der Waals surface area contributed by atoms with Gasteiger partial charge >= 0.3 is 0 Å². The van der Waals surface area contributed by atoms with E-state index in [9.17, 15) is 4.79 Å². The molecule has 0 radical (unpaired) electrons. The molecular formula is C21H26N2O4. The molecule has 0 aliphatic heterocycles. The Bertz CT molecular complexity index is 803. The average molecular weight is 370 g/mol. The standard InChI is InChI=1S/C21H26N2O4/c1-15-6-8-19(12-16(15)2)26-10-5-11-27-20-9-7-18(13-21(20)25-4)14-22-23-17(3)24/h6-9,12-14H,5,10-11H2,1-4H3,(H,23,24)/b22-14-. The molecule has 0 heterocycles. The maximum absolute atomic E-state index is 10.8. The first-order chi connectivity index (χ1) is 13.0. The number of hydrogen-bond acceptors (Lipinski definition) is 5. The number of amides is 1. The quantitative estimate of drug-likeness (QED) is 0.416. The molecule has 0 saturated carbocycles. The summed E-state index contributed by atoms with van der Waals surface area (Å²) < 4.78 is 16.9. The average Bonchev–Trinajstić information content (AvgIpc) is 2.64. The van der Waals surface area contributed by atoms with Gasteiger partial charge < -0.3 is 14.2 Å². The number of hydrazone groups is 1. The highest BCUT2D eigenvalue weighted by Gasteiger charge is 2.05. The van der Waals surface area contributed by atoms with Crippen molar-refractivity contribution in [3.63, 3.8) is 0 Å². The maximum atomic E-state index is 10.8. The van der Waals surface area contributed by atoms with E-state index < -0.39 is 0 Å². The summed E-state index contributed by atoms with van der Waals surface area (Å²) in [4.78, 5) is 10.8. The van der Waals surface area contributed by atoms with E-state index in [4.69, 9.17) is 14.2 Å². The zero-order chi connectivity index (χ0) is 19.6. The largest absolute Gasteiger partial charge is 0.493 e. The summed E-state index contributed by atoms with van der Waals surface area (Å²) in [5.74, 6) is 1.91. The van der Waals surface area contributed by atoms with Crippen molar-refractivity contribution >= 4 is 12.1 Å². The molecular weight excluding hydrogens is 344 g/mol. The fraction of sp³-hybridized carbons (Fsp3) is 0.333. The number of ether oxygens (including phenoxy) is 3. The van der Waals surface area contributed by atoms with Crippen LogP contribution in [0, 0.1) is 13.8 Å². The van der Waals surface area contributed by atoms with Crippen LogP contribution in [0.3, 0.4) is 0 Å². The molecule has 2 aromatic carbocycles. The van der Waals surface area contributed by atoms with E-state index in [-0.39, 0.29) is 5.91 Å².